The van der Waals surface area contributed by atoms with E-state index >= 15 is 0 Å². The number of carbonyl (C=O) groups is 1. The van der Waals surface area contributed by atoms with E-state index in [1.54, 1.807) is 0 Å². The molecular formula is C25H25ClN6O. The lowest BCUT2D eigenvalue weighted by atomic mass is 10.1. The Balaban J connectivity index is 1.50. The highest BCUT2D eigenvalue weighted by Gasteiger charge is 2.10. The lowest BCUT2D eigenvalue weighted by molar-refractivity contribution is -0.119. The number of aryl methyl sites for hydroxylation is 2. The quantitative estimate of drug-likeness (QED) is 0.289. The van der Waals surface area contributed by atoms with Crippen LogP contribution in [0.2, 0.25) is 5.02 Å². The molecule has 0 saturated heterocycles. The summed E-state index contributed by atoms with van der Waals surface area (Å²) in [5, 5.41) is 7.70. The summed E-state index contributed by atoms with van der Waals surface area (Å²) in [6.45, 7) is 4.25. The number of hydrogen-bond donors (Lipinski definition) is 3. The number of halogens is 1. The fourth-order valence-corrected chi connectivity index (χ4v) is 3.77. The van der Waals surface area contributed by atoms with Crippen LogP contribution in [0.15, 0.2) is 65.8 Å². The Morgan fingerprint density at radius 1 is 1.06 bits per heavy atom. The Morgan fingerprint density at radius 2 is 1.82 bits per heavy atom. The zero-order valence-electron chi connectivity index (χ0n) is 18.5. The first-order chi connectivity index (χ1) is 16.0. The number of aliphatic imine (C=N–C) groups is 1. The number of nitrogens with one attached hydrogen (secondary N) is 3. The Hall–Kier alpha value is -3.71. The maximum Gasteiger partial charge on any atom is 0.231 e. The predicted molar refractivity (Wildman–Crippen MR) is 133 cm³/mol. The first-order valence-electron chi connectivity index (χ1n) is 10.7. The number of benzene rings is 2. The second-order valence-corrected chi connectivity index (χ2v) is 8.23. The number of hydrogen-bond acceptors (Lipinski definition) is 4. The van der Waals surface area contributed by atoms with Crippen molar-refractivity contribution in [3.8, 4) is 0 Å². The van der Waals surface area contributed by atoms with Crippen molar-refractivity contribution < 1.29 is 4.79 Å². The Morgan fingerprint density at radius 3 is 2.58 bits per heavy atom. The highest BCUT2D eigenvalue weighted by molar-refractivity contribution is 6.31. The second-order valence-electron chi connectivity index (χ2n) is 7.79. The second kappa shape index (κ2) is 10.3. The first-order valence-corrected chi connectivity index (χ1v) is 11.1. The van der Waals surface area contributed by atoms with E-state index in [4.69, 9.17) is 11.6 Å². The SMILES string of the molecule is Cc1cc(C)nc(NC(=NCCc2c[nH]c3ccc(Cl)cc23)NC(=O)Cc2ccccc2)n1. The predicted octanol–water partition coefficient (Wildman–Crippen LogP) is 4.60. The molecule has 3 N–H and O–H groups in total. The smallest absolute Gasteiger partial charge is 0.231 e. The van der Waals surface area contributed by atoms with E-state index < -0.39 is 0 Å². The van der Waals surface area contributed by atoms with E-state index in [9.17, 15) is 4.79 Å². The van der Waals surface area contributed by atoms with Crippen LogP contribution in [0.3, 0.4) is 0 Å². The van der Waals surface area contributed by atoms with E-state index in [2.05, 4.69) is 30.6 Å². The Labute approximate surface area is 197 Å². The standard InChI is InChI=1S/C25H25ClN6O/c1-16-12-17(2)30-25(29-16)32-24(31-23(33)13-18-6-4-3-5-7-18)27-11-10-19-15-28-22-9-8-20(26)14-21(19)22/h3-9,12,14-15,28H,10-11,13H2,1-2H3,(H2,27,29,30,31,32,33). The van der Waals surface area contributed by atoms with E-state index in [-0.39, 0.29) is 12.3 Å². The van der Waals surface area contributed by atoms with Crippen molar-refractivity contribution in [3.63, 3.8) is 0 Å². The number of carbonyl (C=O) groups excluding carboxylic acids is 1. The number of fused-ring (bicyclic) bond motifs is 1. The summed E-state index contributed by atoms with van der Waals surface area (Å²) in [6, 6.07) is 17.2. The molecule has 2 aromatic carbocycles. The molecule has 0 spiro atoms. The molecule has 168 valence electrons. The number of anilines is 1. The van der Waals surface area contributed by atoms with Crippen molar-refractivity contribution >= 4 is 40.3 Å². The lowest BCUT2D eigenvalue weighted by Crippen LogP contribution is -2.37. The van der Waals surface area contributed by atoms with Crippen molar-refractivity contribution in [2.45, 2.75) is 26.7 Å². The molecule has 0 aliphatic heterocycles. The highest BCUT2D eigenvalue weighted by atomic mass is 35.5. The van der Waals surface area contributed by atoms with E-state index in [1.807, 2.05) is 74.6 Å². The minimum absolute atomic E-state index is 0.171. The van der Waals surface area contributed by atoms with Crippen LogP contribution in [-0.2, 0) is 17.6 Å². The van der Waals surface area contributed by atoms with E-state index in [0.29, 0.717) is 29.9 Å². The molecular weight excluding hydrogens is 436 g/mol. The third kappa shape index (κ3) is 6.17. The molecule has 2 heterocycles. The summed E-state index contributed by atoms with van der Waals surface area (Å²) in [4.78, 5) is 29.3. The Bertz CT molecular complexity index is 1280. The number of aromatic nitrogens is 3. The van der Waals surface area contributed by atoms with Gasteiger partial charge in [-0.05, 0) is 55.7 Å². The Kier molecular flexibility index (Phi) is 7.00. The maximum absolute atomic E-state index is 12.7. The maximum atomic E-state index is 12.7. The van der Waals surface area contributed by atoms with E-state index in [1.165, 1.54) is 0 Å². The van der Waals surface area contributed by atoms with Gasteiger partial charge in [0.1, 0.15) is 0 Å². The number of H-pyrrole nitrogens is 1. The number of guanidine groups is 1. The number of amides is 1. The zero-order valence-corrected chi connectivity index (χ0v) is 19.3. The van der Waals surface area contributed by atoms with Crippen molar-refractivity contribution in [1.82, 2.24) is 20.3 Å². The first kappa shape index (κ1) is 22.5. The molecule has 4 aromatic rings. The van der Waals surface area contributed by atoms with Gasteiger partial charge in [-0.2, -0.15) is 0 Å². The molecule has 0 atom stereocenters. The summed E-state index contributed by atoms with van der Waals surface area (Å²) in [5.74, 6) is 0.541. The van der Waals surface area contributed by atoms with Gasteiger partial charge in [-0.1, -0.05) is 41.9 Å². The van der Waals surface area contributed by atoms with Gasteiger partial charge in [0.25, 0.3) is 0 Å². The van der Waals surface area contributed by atoms with Gasteiger partial charge in [0, 0.05) is 40.1 Å². The largest absolute Gasteiger partial charge is 0.361 e. The zero-order chi connectivity index (χ0) is 23.2. The van der Waals surface area contributed by atoms with Crippen LogP contribution in [0.25, 0.3) is 10.9 Å². The van der Waals surface area contributed by atoms with Gasteiger partial charge >= 0.3 is 0 Å². The van der Waals surface area contributed by atoms with Crippen LogP contribution in [0.1, 0.15) is 22.5 Å². The molecule has 7 nitrogen and oxygen atoms in total. The van der Waals surface area contributed by atoms with E-state index in [0.717, 1.165) is 33.4 Å². The highest BCUT2D eigenvalue weighted by Crippen LogP contribution is 2.22. The van der Waals surface area contributed by atoms with Crippen molar-refractivity contribution in [2.75, 3.05) is 11.9 Å². The normalized spacial score (nSPS) is 11.5. The number of rotatable bonds is 6. The van der Waals surface area contributed by atoms with Crippen molar-refractivity contribution in [3.05, 3.63) is 88.3 Å². The fraction of sp³-hybridized carbons (Fsp3) is 0.200. The number of aromatic amines is 1. The summed E-state index contributed by atoms with van der Waals surface area (Å²) in [7, 11) is 0. The lowest BCUT2D eigenvalue weighted by Gasteiger charge is -2.12. The molecule has 0 aliphatic carbocycles. The topological polar surface area (TPSA) is 95.1 Å². The van der Waals surface area contributed by atoms with Crippen LogP contribution in [0, 0.1) is 13.8 Å². The monoisotopic (exact) mass is 460 g/mol. The van der Waals surface area contributed by atoms with Crippen LogP contribution in [0.4, 0.5) is 5.95 Å². The van der Waals surface area contributed by atoms with Gasteiger partial charge in [-0.15, -0.1) is 0 Å². The van der Waals surface area contributed by atoms with Crippen LogP contribution in [-0.4, -0.2) is 33.4 Å². The molecule has 0 aliphatic rings. The molecule has 0 bridgehead atoms. The third-order valence-corrected chi connectivity index (χ3v) is 5.29. The molecule has 0 radical (unpaired) electrons. The summed E-state index contributed by atoms with van der Waals surface area (Å²) < 4.78 is 0. The molecule has 8 heteroatoms. The average molecular weight is 461 g/mol. The molecule has 2 aromatic heterocycles. The number of nitrogens with zero attached hydrogens (tertiary/aromatic N) is 3. The van der Waals surface area contributed by atoms with Crippen LogP contribution >= 0.6 is 11.6 Å². The molecule has 0 fully saturated rings. The molecule has 0 saturated carbocycles. The summed E-state index contributed by atoms with van der Waals surface area (Å²) in [5.41, 5.74) is 4.71. The van der Waals surface area contributed by atoms with Crippen molar-refractivity contribution in [2.24, 2.45) is 4.99 Å². The van der Waals surface area contributed by atoms with Gasteiger partial charge in [0.2, 0.25) is 17.8 Å². The summed E-state index contributed by atoms with van der Waals surface area (Å²) >= 11 is 6.16. The average Bonchev–Trinajstić information content (AvgIpc) is 3.15. The molecule has 33 heavy (non-hydrogen) atoms. The minimum atomic E-state index is -0.171. The van der Waals surface area contributed by atoms with Crippen molar-refractivity contribution in [1.29, 1.82) is 0 Å². The molecule has 0 unspecified atom stereocenters. The fourth-order valence-electron chi connectivity index (χ4n) is 3.60. The molecule has 4 rings (SSSR count). The third-order valence-electron chi connectivity index (χ3n) is 5.06. The van der Waals surface area contributed by atoms with Crippen LogP contribution in [0.5, 0.6) is 0 Å². The van der Waals surface area contributed by atoms with Gasteiger partial charge in [-0.25, -0.2) is 9.97 Å². The summed E-state index contributed by atoms with van der Waals surface area (Å²) in [6.07, 6.45) is 2.88. The van der Waals surface area contributed by atoms with Gasteiger partial charge < -0.3 is 4.98 Å². The van der Waals surface area contributed by atoms with Gasteiger partial charge in [0.05, 0.1) is 6.42 Å². The van der Waals surface area contributed by atoms with Gasteiger partial charge in [0.15, 0.2) is 0 Å². The van der Waals surface area contributed by atoms with Crippen LogP contribution < -0.4 is 10.6 Å². The minimum Gasteiger partial charge on any atom is -0.361 e. The van der Waals surface area contributed by atoms with Gasteiger partial charge in [-0.3, -0.25) is 20.4 Å². The molecule has 1 amide bonds.